The van der Waals surface area contributed by atoms with E-state index >= 15 is 0 Å². The maximum Gasteiger partial charge on any atom is 0.0596 e. The largest absolute Gasteiger partial charge is 0.299 e. The minimum Gasteiger partial charge on any atom is -0.299 e. The highest BCUT2D eigenvalue weighted by Crippen LogP contribution is 2.26. The van der Waals surface area contributed by atoms with E-state index in [-0.39, 0.29) is 18.4 Å². The summed E-state index contributed by atoms with van der Waals surface area (Å²) < 4.78 is 0. The van der Waals surface area contributed by atoms with Crippen LogP contribution in [0.1, 0.15) is 22.7 Å². The van der Waals surface area contributed by atoms with Gasteiger partial charge in [0.25, 0.3) is 0 Å². The molecule has 0 bridgehead atoms. The van der Waals surface area contributed by atoms with Crippen molar-refractivity contribution in [3.05, 3.63) is 71.3 Å². The predicted molar refractivity (Wildman–Crippen MR) is 85.2 cm³/mol. The fourth-order valence-electron chi connectivity index (χ4n) is 2.21. The first kappa shape index (κ1) is 16.0. The summed E-state index contributed by atoms with van der Waals surface area (Å²) in [5.74, 6) is 0.568. The summed E-state index contributed by atoms with van der Waals surface area (Å²) in [7, 11) is 4.21. The number of rotatable bonds is 4. The van der Waals surface area contributed by atoms with Crippen molar-refractivity contribution < 1.29 is 0 Å². The second-order valence-electron chi connectivity index (χ2n) is 4.65. The first-order chi connectivity index (χ1) is 8.72. The summed E-state index contributed by atoms with van der Waals surface area (Å²) in [4.78, 5) is 2.23. The number of benzene rings is 2. The molecule has 2 aromatic rings. The molecule has 1 atom stereocenters. The summed E-state index contributed by atoms with van der Waals surface area (Å²) in [6.45, 7) is 0. The van der Waals surface area contributed by atoms with Crippen LogP contribution in [-0.2, 0) is 5.88 Å². The van der Waals surface area contributed by atoms with E-state index in [1.54, 1.807) is 0 Å². The molecule has 0 saturated heterocycles. The molecular formula is C16H19Cl2N. The Morgan fingerprint density at radius 1 is 0.895 bits per heavy atom. The van der Waals surface area contributed by atoms with Gasteiger partial charge in [0.15, 0.2) is 0 Å². The van der Waals surface area contributed by atoms with Crippen molar-refractivity contribution >= 4 is 24.0 Å². The summed E-state index contributed by atoms with van der Waals surface area (Å²) in [5.41, 5.74) is 3.76. The van der Waals surface area contributed by atoms with E-state index in [4.69, 9.17) is 11.6 Å². The highest BCUT2D eigenvalue weighted by Gasteiger charge is 2.15. The topological polar surface area (TPSA) is 3.24 Å². The predicted octanol–water partition coefficient (Wildman–Crippen LogP) is 4.50. The minimum absolute atomic E-state index is 0. The van der Waals surface area contributed by atoms with Crippen molar-refractivity contribution in [2.45, 2.75) is 11.9 Å². The number of halogens is 2. The van der Waals surface area contributed by atoms with Crippen LogP contribution in [0.4, 0.5) is 0 Å². The Morgan fingerprint density at radius 3 is 1.89 bits per heavy atom. The van der Waals surface area contributed by atoms with Crippen molar-refractivity contribution in [1.29, 1.82) is 0 Å². The van der Waals surface area contributed by atoms with Crippen LogP contribution in [-0.4, -0.2) is 19.0 Å². The van der Waals surface area contributed by atoms with Gasteiger partial charge < -0.3 is 0 Å². The lowest BCUT2D eigenvalue weighted by Crippen LogP contribution is -2.20. The molecule has 19 heavy (non-hydrogen) atoms. The molecule has 2 rings (SSSR count). The maximum atomic E-state index is 5.83. The van der Waals surface area contributed by atoms with Gasteiger partial charge >= 0.3 is 0 Å². The van der Waals surface area contributed by atoms with Gasteiger partial charge in [-0.05, 0) is 30.8 Å². The van der Waals surface area contributed by atoms with Gasteiger partial charge in [-0.3, -0.25) is 4.90 Å². The van der Waals surface area contributed by atoms with Crippen LogP contribution in [0.25, 0.3) is 0 Å². The third-order valence-corrected chi connectivity index (χ3v) is 3.39. The van der Waals surface area contributed by atoms with E-state index in [0.29, 0.717) is 5.88 Å². The van der Waals surface area contributed by atoms with Crippen LogP contribution < -0.4 is 0 Å². The zero-order valence-electron chi connectivity index (χ0n) is 11.2. The lowest BCUT2D eigenvalue weighted by molar-refractivity contribution is 0.342. The lowest BCUT2D eigenvalue weighted by Gasteiger charge is -2.25. The van der Waals surface area contributed by atoms with Crippen molar-refractivity contribution in [1.82, 2.24) is 4.90 Å². The van der Waals surface area contributed by atoms with Gasteiger partial charge in [0.2, 0.25) is 0 Å². The maximum absolute atomic E-state index is 5.83. The Kier molecular flexibility index (Phi) is 6.36. The highest BCUT2D eigenvalue weighted by atomic mass is 35.5. The molecule has 102 valence electrons. The van der Waals surface area contributed by atoms with E-state index in [1.165, 1.54) is 11.1 Å². The summed E-state index contributed by atoms with van der Waals surface area (Å²) in [5, 5.41) is 0. The minimum atomic E-state index is 0. The molecule has 3 heteroatoms. The fourth-order valence-corrected chi connectivity index (χ4v) is 2.39. The van der Waals surface area contributed by atoms with Crippen LogP contribution in [0.2, 0.25) is 0 Å². The number of nitrogens with zero attached hydrogens (tertiary/aromatic N) is 1. The second kappa shape index (κ2) is 7.54. The van der Waals surface area contributed by atoms with Crippen LogP contribution >= 0.6 is 24.0 Å². The van der Waals surface area contributed by atoms with Gasteiger partial charge in [-0.15, -0.1) is 24.0 Å². The molecule has 0 aliphatic rings. The quantitative estimate of drug-likeness (QED) is 0.751. The second-order valence-corrected chi connectivity index (χ2v) is 4.92. The summed E-state index contributed by atoms with van der Waals surface area (Å²) in [6, 6.07) is 19.4. The molecule has 0 N–H and O–H groups in total. The molecule has 0 aliphatic heterocycles. The zero-order valence-corrected chi connectivity index (χ0v) is 12.8. The molecule has 0 fully saturated rings. The van der Waals surface area contributed by atoms with Crippen LogP contribution in [0, 0.1) is 0 Å². The van der Waals surface area contributed by atoms with Crippen molar-refractivity contribution in [3.63, 3.8) is 0 Å². The smallest absolute Gasteiger partial charge is 0.0596 e. The molecule has 0 amide bonds. The molecule has 0 aromatic heterocycles. The van der Waals surface area contributed by atoms with Gasteiger partial charge in [-0.1, -0.05) is 54.6 Å². The van der Waals surface area contributed by atoms with Gasteiger partial charge in [0.05, 0.1) is 6.04 Å². The number of hydrogen-bond acceptors (Lipinski definition) is 1. The van der Waals surface area contributed by atoms with Crippen LogP contribution in [0.3, 0.4) is 0 Å². The van der Waals surface area contributed by atoms with Gasteiger partial charge in [0.1, 0.15) is 0 Å². The monoisotopic (exact) mass is 295 g/mol. The van der Waals surface area contributed by atoms with Crippen molar-refractivity contribution in [2.24, 2.45) is 0 Å². The fraction of sp³-hybridized carbons (Fsp3) is 0.250. The van der Waals surface area contributed by atoms with E-state index in [1.807, 2.05) is 6.07 Å². The van der Waals surface area contributed by atoms with Gasteiger partial charge in [0, 0.05) is 5.88 Å². The summed E-state index contributed by atoms with van der Waals surface area (Å²) >= 11 is 5.83. The Bertz CT molecular complexity index is 480. The van der Waals surface area contributed by atoms with E-state index < -0.39 is 0 Å². The Balaban J connectivity index is 0.00000180. The SMILES string of the molecule is CN(C)C(c1ccccc1)c1ccc(CCl)cc1.Cl. The molecule has 0 aliphatic carbocycles. The molecule has 0 heterocycles. The third kappa shape index (κ3) is 3.97. The lowest BCUT2D eigenvalue weighted by atomic mass is 9.97. The molecule has 2 aromatic carbocycles. The number of hydrogen-bond donors (Lipinski definition) is 0. The van der Waals surface area contributed by atoms with Crippen LogP contribution in [0.5, 0.6) is 0 Å². The normalized spacial score (nSPS) is 12.0. The molecule has 0 radical (unpaired) electrons. The molecule has 1 unspecified atom stereocenters. The molecular weight excluding hydrogens is 277 g/mol. The standard InChI is InChI=1S/C16H18ClN.ClH/c1-18(2)16(14-6-4-3-5-7-14)15-10-8-13(12-17)9-11-15;/h3-11,16H,12H2,1-2H3;1H. The summed E-state index contributed by atoms with van der Waals surface area (Å²) in [6.07, 6.45) is 0. The first-order valence-electron chi connectivity index (χ1n) is 6.08. The van der Waals surface area contributed by atoms with Crippen LogP contribution in [0.15, 0.2) is 54.6 Å². The Hall–Kier alpha value is -1.02. The zero-order chi connectivity index (χ0) is 13.0. The highest BCUT2D eigenvalue weighted by molar-refractivity contribution is 6.17. The average Bonchev–Trinajstić information content (AvgIpc) is 2.40. The average molecular weight is 296 g/mol. The van der Waals surface area contributed by atoms with E-state index in [0.717, 1.165) is 5.56 Å². The van der Waals surface area contributed by atoms with Crippen molar-refractivity contribution in [3.8, 4) is 0 Å². The van der Waals surface area contributed by atoms with Crippen molar-refractivity contribution in [2.75, 3.05) is 14.1 Å². The third-order valence-electron chi connectivity index (χ3n) is 3.08. The number of alkyl halides is 1. The Morgan fingerprint density at radius 2 is 1.42 bits per heavy atom. The van der Waals surface area contributed by atoms with E-state index in [9.17, 15) is 0 Å². The molecule has 0 spiro atoms. The van der Waals surface area contributed by atoms with E-state index in [2.05, 4.69) is 67.5 Å². The first-order valence-corrected chi connectivity index (χ1v) is 6.62. The Labute approximate surface area is 126 Å². The molecule has 0 saturated carbocycles. The molecule has 1 nitrogen and oxygen atoms in total. The van der Waals surface area contributed by atoms with Gasteiger partial charge in [-0.2, -0.15) is 0 Å². The van der Waals surface area contributed by atoms with Gasteiger partial charge in [-0.25, -0.2) is 0 Å².